The van der Waals surface area contributed by atoms with E-state index in [1.54, 1.807) is 0 Å². The molecule has 6 nitrogen and oxygen atoms in total. The number of amides is 1. The maximum atomic E-state index is 11.9. The number of ether oxygens (including phenoxy) is 1. The van der Waals surface area contributed by atoms with Gasteiger partial charge in [0.05, 0.1) is 6.20 Å². The van der Waals surface area contributed by atoms with Gasteiger partial charge in [0.1, 0.15) is 30.0 Å². The Morgan fingerprint density at radius 3 is 3.00 bits per heavy atom. The maximum absolute atomic E-state index is 11.9. The van der Waals surface area contributed by atoms with Gasteiger partial charge >= 0.3 is 0 Å². The number of benzene rings is 1. The lowest BCUT2D eigenvalue weighted by Gasteiger charge is -2.13. The largest absolute Gasteiger partial charge is 0.491 e. The first-order chi connectivity index (χ1) is 10.6. The van der Waals surface area contributed by atoms with E-state index in [1.165, 1.54) is 6.20 Å². The van der Waals surface area contributed by atoms with Crippen LogP contribution in [0.3, 0.4) is 0 Å². The predicted molar refractivity (Wildman–Crippen MR) is 83.0 cm³/mol. The van der Waals surface area contributed by atoms with Crippen LogP contribution in [0.15, 0.2) is 30.5 Å². The Hall–Kier alpha value is -2.34. The van der Waals surface area contributed by atoms with Gasteiger partial charge in [-0.3, -0.25) is 4.79 Å². The lowest BCUT2D eigenvalue weighted by Crippen LogP contribution is -2.35. The number of nitrogens with one attached hydrogen (secondary N) is 2. The highest BCUT2D eigenvalue weighted by Gasteiger charge is 2.12. The van der Waals surface area contributed by atoms with Crippen molar-refractivity contribution in [2.24, 2.45) is 0 Å². The topological polar surface area (TPSA) is 87.2 Å². The van der Waals surface area contributed by atoms with Crippen LogP contribution in [0.1, 0.15) is 28.8 Å². The van der Waals surface area contributed by atoms with Crippen molar-refractivity contribution in [2.75, 3.05) is 13.2 Å². The number of hydrogen-bond acceptors (Lipinski definition) is 4. The highest BCUT2D eigenvalue weighted by atomic mass is 16.5. The summed E-state index contributed by atoms with van der Waals surface area (Å²) in [7, 11) is 0. The number of nitrogens with zero attached hydrogens (tertiary/aromatic N) is 1. The monoisotopic (exact) mass is 303 g/mol. The minimum absolute atomic E-state index is 0.116. The molecule has 1 amide bonds. The van der Waals surface area contributed by atoms with E-state index >= 15 is 0 Å². The number of aliphatic hydroxyl groups is 1. The fourth-order valence-electron chi connectivity index (χ4n) is 1.92. The number of rotatable bonds is 7. The molecular weight excluding hydrogens is 282 g/mol. The molecule has 6 heteroatoms. The highest BCUT2D eigenvalue weighted by molar-refractivity contribution is 5.92. The van der Waals surface area contributed by atoms with Crippen LogP contribution in [0.5, 0.6) is 5.75 Å². The minimum Gasteiger partial charge on any atom is -0.491 e. The van der Waals surface area contributed by atoms with Crippen LogP contribution in [-0.2, 0) is 6.42 Å². The van der Waals surface area contributed by atoms with Gasteiger partial charge in [-0.15, -0.1) is 0 Å². The van der Waals surface area contributed by atoms with Gasteiger partial charge < -0.3 is 20.1 Å². The summed E-state index contributed by atoms with van der Waals surface area (Å²) in [5.74, 6) is 1.17. The van der Waals surface area contributed by atoms with Gasteiger partial charge in [0.15, 0.2) is 0 Å². The van der Waals surface area contributed by atoms with Crippen molar-refractivity contribution in [3.05, 3.63) is 47.5 Å². The molecule has 1 atom stereocenters. The summed E-state index contributed by atoms with van der Waals surface area (Å²) < 4.78 is 5.49. The van der Waals surface area contributed by atoms with E-state index in [1.807, 2.05) is 38.1 Å². The van der Waals surface area contributed by atoms with Crippen LogP contribution in [0, 0.1) is 6.92 Å². The Morgan fingerprint density at radius 1 is 1.50 bits per heavy atom. The quantitative estimate of drug-likeness (QED) is 0.722. The first-order valence-corrected chi connectivity index (χ1v) is 7.28. The second kappa shape index (κ2) is 7.61. The molecule has 0 aliphatic heterocycles. The van der Waals surface area contributed by atoms with E-state index in [-0.39, 0.29) is 19.1 Å². The molecule has 0 radical (unpaired) electrons. The summed E-state index contributed by atoms with van der Waals surface area (Å²) >= 11 is 0. The molecule has 22 heavy (non-hydrogen) atoms. The normalized spacial score (nSPS) is 12.0. The predicted octanol–water partition coefficient (Wildman–Crippen LogP) is 1.45. The lowest BCUT2D eigenvalue weighted by molar-refractivity contribution is 0.0840. The molecule has 2 aromatic rings. The first kappa shape index (κ1) is 16.0. The van der Waals surface area contributed by atoms with Crippen molar-refractivity contribution in [2.45, 2.75) is 26.4 Å². The van der Waals surface area contributed by atoms with Gasteiger partial charge in [-0.25, -0.2) is 4.98 Å². The van der Waals surface area contributed by atoms with Crippen molar-refractivity contribution in [1.29, 1.82) is 0 Å². The van der Waals surface area contributed by atoms with Gasteiger partial charge in [0.2, 0.25) is 0 Å². The van der Waals surface area contributed by atoms with Crippen molar-refractivity contribution in [3.8, 4) is 5.75 Å². The van der Waals surface area contributed by atoms with Crippen molar-refractivity contribution >= 4 is 5.91 Å². The number of aromatic amines is 1. The zero-order chi connectivity index (χ0) is 15.9. The zero-order valence-electron chi connectivity index (χ0n) is 12.8. The number of imidazole rings is 1. The third-order valence-electron chi connectivity index (χ3n) is 3.14. The fraction of sp³-hybridized carbons (Fsp3) is 0.375. The number of carbonyl (C=O) groups is 1. The molecular formula is C16H21N3O3. The standard InChI is InChI=1S/C16H21N3O3/c1-3-15-17-9-14(19-15)16(21)18-8-12(20)10-22-13-6-4-5-11(2)7-13/h4-7,9,12,20H,3,8,10H2,1-2H3,(H,17,19)(H,18,21). The number of aryl methyl sites for hydroxylation is 2. The van der Waals surface area contributed by atoms with Crippen LogP contribution in [0.25, 0.3) is 0 Å². The summed E-state index contributed by atoms with van der Waals surface area (Å²) in [6.45, 7) is 4.16. The SMILES string of the molecule is CCc1ncc(C(=O)NCC(O)COc2cccc(C)c2)[nH]1. The van der Waals surface area contributed by atoms with E-state index in [9.17, 15) is 9.90 Å². The Balaban J connectivity index is 1.75. The summed E-state index contributed by atoms with van der Waals surface area (Å²) in [4.78, 5) is 18.8. The average Bonchev–Trinajstić information content (AvgIpc) is 3.00. The van der Waals surface area contributed by atoms with Crippen molar-refractivity contribution in [3.63, 3.8) is 0 Å². The Labute approximate surface area is 129 Å². The lowest BCUT2D eigenvalue weighted by atomic mass is 10.2. The third-order valence-corrected chi connectivity index (χ3v) is 3.14. The van der Waals surface area contributed by atoms with Crippen molar-refractivity contribution < 1.29 is 14.6 Å². The fourth-order valence-corrected chi connectivity index (χ4v) is 1.92. The van der Waals surface area contributed by atoms with Crippen molar-refractivity contribution in [1.82, 2.24) is 15.3 Å². The third kappa shape index (κ3) is 4.60. The average molecular weight is 303 g/mol. The van der Waals surface area contributed by atoms with Crippen LogP contribution in [0.4, 0.5) is 0 Å². The molecule has 1 aromatic heterocycles. The summed E-state index contributed by atoms with van der Waals surface area (Å²) in [5, 5.41) is 12.5. The van der Waals surface area contributed by atoms with E-state index in [0.29, 0.717) is 11.4 Å². The molecule has 0 fully saturated rings. The molecule has 0 saturated heterocycles. The number of hydrogen-bond donors (Lipinski definition) is 3. The number of carbonyl (C=O) groups excluding carboxylic acids is 1. The molecule has 3 N–H and O–H groups in total. The molecule has 1 aromatic carbocycles. The molecule has 1 unspecified atom stereocenters. The molecule has 0 aliphatic rings. The van der Waals surface area contributed by atoms with Gasteiger partial charge in [-0.2, -0.15) is 0 Å². The molecule has 0 aliphatic carbocycles. The van der Waals surface area contributed by atoms with Crippen LogP contribution >= 0.6 is 0 Å². The van der Waals surface area contributed by atoms with E-state index < -0.39 is 6.10 Å². The Bertz CT molecular complexity index is 625. The zero-order valence-corrected chi connectivity index (χ0v) is 12.8. The summed E-state index contributed by atoms with van der Waals surface area (Å²) in [6, 6.07) is 7.58. The van der Waals surface area contributed by atoms with Crippen LogP contribution in [-0.4, -0.2) is 40.2 Å². The summed E-state index contributed by atoms with van der Waals surface area (Å²) in [5.41, 5.74) is 1.48. The number of aromatic nitrogens is 2. The van der Waals surface area contributed by atoms with E-state index in [4.69, 9.17) is 4.74 Å². The second-order valence-corrected chi connectivity index (χ2v) is 5.09. The molecule has 0 bridgehead atoms. The summed E-state index contributed by atoms with van der Waals surface area (Å²) in [6.07, 6.45) is 1.45. The molecule has 0 spiro atoms. The first-order valence-electron chi connectivity index (χ1n) is 7.28. The van der Waals surface area contributed by atoms with E-state index in [2.05, 4.69) is 15.3 Å². The van der Waals surface area contributed by atoms with Gasteiger partial charge in [0.25, 0.3) is 5.91 Å². The molecule has 0 saturated carbocycles. The Kier molecular flexibility index (Phi) is 5.55. The van der Waals surface area contributed by atoms with E-state index in [0.717, 1.165) is 17.8 Å². The van der Waals surface area contributed by atoms with Gasteiger partial charge in [0, 0.05) is 13.0 Å². The smallest absolute Gasteiger partial charge is 0.269 e. The molecule has 1 heterocycles. The molecule has 118 valence electrons. The number of aliphatic hydroxyl groups excluding tert-OH is 1. The van der Waals surface area contributed by atoms with Crippen LogP contribution < -0.4 is 10.1 Å². The second-order valence-electron chi connectivity index (χ2n) is 5.09. The Morgan fingerprint density at radius 2 is 2.32 bits per heavy atom. The maximum Gasteiger partial charge on any atom is 0.269 e. The minimum atomic E-state index is -0.780. The molecule has 2 rings (SSSR count). The van der Waals surface area contributed by atoms with Gasteiger partial charge in [-0.1, -0.05) is 19.1 Å². The highest BCUT2D eigenvalue weighted by Crippen LogP contribution is 2.12. The number of H-pyrrole nitrogens is 1. The van der Waals surface area contributed by atoms with Crippen LogP contribution in [0.2, 0.25) is 0 Å². The van der Waals surface area contributed by atoms with Gasteiger partial charge in [-0.05, 0) is 24.6 Å².